The molecule has 0 aromatic heterocycles. The van der Waals surface area contributed by atoms with Gasteiger partial charge in [0, 0.05) is 58.0 Å². The summed E-state index contributed by atoms with van der Waals surface area (Å²) in [5.74, 6) is -4.60. The van der Waals surface area contributed by atoms with E-state index in [4.69, 9.17) is 25.7 Å². The molecule has 1 aromatic carbocycles. The van der Waals surface area contributed by atoms with Gasteiger partial charge in [-0.15, -0.1) is 0 Å². The highest BCUT2D eigenvalue weighted by Gasteiger charge is 2.28. The van der Waals surface area contributed by atoms with Crippen LogP contribution in [0.1, 0.15) is 6.42 Å². The van der Waals surface area contributed by atoms with E-state index in [9.17, 15) is 38.4 Å². The van der Waals surface area contributed by atoms with Crippen molar-refractivity contribution in [1.82, 2.24) is 35.7 Å². The predicted molar refractivity (Wildman–Crippen MR) is 193 cm³/mol. The number of hydrogen-bond acceptors (Lipinski definition) is 17. The Bertz CT molecular complexity index is 1410. The molecule has 1 aromatic rings. The van der Waals surface area contributed by atoms with Crippen LogP contribution in [0.2, 0.25) is 0 Å². The summed E-state index contributed by atoms with van der Waals surface area (Å²) in [6.45, 7) is 0.301. The molecule has 1 aliphatic rings. The summed E-state index contributed by atoms with van der Waals surface area (Å²) in [6, 6.07) is 6.40. The average Bonchev–Trinajstić information content (AvgIpc) is 3.16. The molecule has 0 unspecified atom stereocenters. The quantitative estimate of drug-likeness (QED) is 0.0433. The first-order valence-electron chi connectivity index (χ1n) is 17.1. The van der Waals surface area contributed by atoms with Crippen molar-refractivity contribution >= 4 is 58.7 Å². The number of esters is 3. The first kappa shape index (κ1) is 44.9. The molecule has 0 spiro atoms. The van der Waals surface area contributed by atoms with Crippen LogP contribution < -0.4 is 32.4 Å². The first-order chi connectivity index (χ1) is 25.8. The lowest BCUT2D eigenvalue weighted by Gasteiger charge is -2.38. The van der Waals surface area contributed by atoms with Gasteiger partial charge in [0.15, 0.2) is 5.78 Å². The van der Waals surface area contributed by atoms with Gasteiger partial charge >= 0.3 is 17.9 Å². The molecule has 0 saturated carbocycles. The van der Waals surface area contributed by atoms with E-state index in [1.165, 1.54) is 26.3 Å². The number of rotatable bonds is 17. The second kappa shape index (κ2) is 24.2. The number of nitrogen functional groups attached to an aromatic ring is 1. The minimum absolute atomic E-state index is 0.0157. The highest BCUT2D eigenvalue weighted by atomic mass is 16.5. The summed E-state index contributed by atoms with van der Waals surface area (Å²) in [6.07, 6.45) is -0.626. The number of methoxy groups -OCH3 is 3. The zero-order chi connectivity index (χ0) is 40.0. The van der Waals surface area contributed by atoms with Crippen LogP contribution in [0.15, 0.2) is 24.3 Å². The van der Waals surface area contributed by atoms with E-state index in [2.05, 4.69) is 16.0 Å². The normalized spacial score (nSPS) is 15.0. The maximum atomic E-state index is 14.0. The lowest BCUT2D eigenvalue weighted by molar-refractivity contribution is -0.144. The molecule has 0 radical (unpaired) electrons. The number of carbonyl (C=O) groups excluding carboxylic acids is 8. The Balaban J connectivity index is 2.31. The number of amides is 4. The molecule has 1 fully saturated rings. The van der Waals surface area contributed by atoms with Gasteiger partial charge in [0.25, 0.3) is 0 Å². The molecule has 2 rings (SSSR count). The zero-order valence-electron chi connectivity index (χ0n) is 31.0. The van der Waals surface area contributed by atoms with Gasteiger partial charge in [-0.1, -0.05) is 0 Å². The number of ether oxygens (including phenoxy) is 3. The van der Waals surface area contributed by atoms with Crippen LogP contribution in [0, 0.1) is 0 Å². The van der Waals surface area contributed by atoms with Crippen LogP contribution in [0.4, 0.5) is 11.4 Å². The largest absolute Gasteiger partial charge is 0.468 e. The minimum Gasteiger partial charge on any atom is -0.468 e. The molecule has 0 aliphatic carbocycles. The van der Waals surface area contributed by atoms with Crippen molar-refractivity contribution in [3.63, 3.8) is 0 Å². The van der Waals surface area contributed by atoms with Crippen molar-refractivity contribution in [3.05, 3.63) is 24.3 Å². The van der Waals surface area contributed by atoms with Gasteiger partial charge < -0.3 is 41.6 Å². The fourth-order valence-electron chi connectivity index (χ4n) is 5.08. The van der Waals surface area contributed by atoms with Crippen molar-refractivity contribution in [2.75, 3.05) is 130 Å². The topological polar surface area (TPSA) is 269 Å². The Morgan fingerprint density at radius 1 is 0.611 bits per heavy atom. The number of ketones is 1. The summed E-state index contributed by atoms with van der Waals surface area (Å²) in [7, 11) is 3.83. The number of hydrogen-bond donors (Lipinski definition) is 5. The molecular formula is C33H52N10O11. The average molecular weight is 765 g/mol. The van der Waals surface area contributed by atoms with Crippen molar-refractivity contribution in [2.45, 2.75) is 6.42 Å². The summed E-state index contributed by atoms with van der Waals surface area (Å²) < 4.78 is 14.7. The maximum absolute atomic E-state index is 14.0. The molecule has 0 atom stereocenters. The number of hydrazine groups is 1. The van der Waals surface area contributed by atoms with Gasteiger partial charge in [0.1, 0.15) is 0 Å². The Morgan fingerprint density at radius 3 is 1.41 bits per heavy atom. The standard InChI is InChI=1S/C33H52N10O11/c1-52-31(49)21-39-8-10-40(22-32(50)53-2)12-14-42(15-13-41(11-9-39)23-33(51)54-3)43(25-6-4-24(35)5-7-25)30(48)16-26(44)18-36-28(46)20-38-29(47)19-37-27(45)17-34/h4-7H,8-23,34-35H2,1-3H3,(H,36,46)(H,37,45)(H,38,47). The van der Waals surface area contributed by atoms with Crippen LogP contribution in [0.3, 0.4) is 0 Å². The summed E-state index contributed by atoms with van der Waals surface area (Å²) in [5.41, 5.74) is 11.9. The second-order valence-electron chi connectivity index (χ2n) is 12.1. The van der Waals surface area contributed by atoms with Crippen LogP contribution in [-0.2, 0) is 52.6 Å². The number of nitrogens with one attached hydrogen (secondary N) is 3. The number of carbonyl (C=O) groups is 8. The summed E-state index contributed by atoms with van der Waals surface area (Å²) in [5, 5.41) is 9.94. The van der Waals surface area contributed by atoms with Crippen molar-refractivity contribution in [2.24, 2.45) is 5.73 Å². The van der Waals surface area contributed by atoms with E-state index in [0.29, 0.717) is 37.6 Å². The zero-order valence-corrected chi connectivity index (χ0v) is 31.0. The van der Waals surface area contributed by atoms with E-state index < -0.39 is 66.8 Å². The Hall–Kier alpha value is -5.22. The fourth-order valence-corrected chi connectivity index (χ4v) is 5.08. The van der Waals surface area contributed by atoms with Crippen LogP contribution in [0.25, 0.3) is 0 Å². The minimum atomic E-state index is -0.700. The monoisotopic (exact) mass is 764 g/mol. The van der Waals surface area contributed by atoms with Crippen LogP contribution >= 0.6 is 0 Å². The summed E-state index contributed by atoms with van der Waals surface area (Å²) in [4.78, 5) is 105. The first-order valence-corrected chi connectivity index (χ1v) is 17.1. The Labute approximate surface area is 313 Å². The molecule has 1 aliphatic heterocycles. The molecule has 54 heavy (non-hydrogen) atoms. The number of nitrogens with zero attached hydrogens (tertiary/aromatic N) is 5. The van der Waals surface area contributed by atoms with Gasteiger partial charge in [-0.3, -0.25) is 53.1 Å². The highest BCUT2D eigenvalue weighted by molar-refractivity contribution is 6.06. The van der Waals surface area contributed by atoms with Crippen molar-refractivity contribution < 1.29 is 52.6 Å². The van der Waals surface area contributed by atoms with E-state index >= 15 is 0 Å². The highest BCUT2D eigenvalue weighted by Crippen LogP contribution is 2.20. The van der Waals surface area contributed by atoms with E-state index in [0.717, 1.165) is 0 Å². The lowest BCUT2D eigenvalue weighted by atomic mass is 10.2. The van der Waals surface area contributed by atoms with E-state index in [-0.39, 0.29) is 58.9 Å². The van der Waals surface area contributed by atoms with Gasteiger partial charge in [0.2, 0.25) is 23.6 Å². The smallest absolute Gasteiger partial charge is 0.319 e. The number of benzene rings is 1. The molecule has 300 valence electrons. The fraction of sp³-hybridized carbons (Fsp3) is 0.576. The van der Waals surface area contributed by atoms with Gasteiger partial charge in [-0.25, -0.2) is 10.0 Å². The van der Waals surface area contributed by atoms with Gasteiger partial charge in [-0.05, 0) is 24.3 Å². The van der Waals surface area contributed by atoms with Gasteiger partial charge in [0.05, 0.1) is 79.3 Å². The number of nitrogens with two attached hydrogens (primary N) is 2. The molecule has 7 N–H and O–H groups in total. The third-order valence-corrected chi connectivity index (χ3v) is 8.12. The molecule has 1 heterocycles. The van der Waals surface area contributed by atoms with Crippen LogP contribution in [-0.4, -0.2) is 187 Å². The van der Waals surface area contributed by atoms with E-state index in [1.807, 2.05) is 14.7 Å². The van der Waals surface area contributed by atoms with Crippen molar-refractivity contribution in [3.8, 4) is 0 Å². The molecule has 1 saturated heterocycles. The van der Waals surface area contributed by atoms with E-state index in [1.54, 1.807) is 29.3 Å². The van der Waals surface area contributed by atoms with Crippen molar-refractivity contribution in [1.29, 1.82) is 0 Å². The third kappa shape index (κ3) is 17.1. The lowest BCUT2D eigenvalue weighted by Crippen LogP contribution is -2.55. The molecule has 0 bridgehead atoms. The second-order valence-corrected chi connectivity index (χ2v) is 12.1. The van der Waals surface area contributed by atoms with Gasteiger partial charge in [-0.2, -0.15) is 0 Å². The SMILES string of the molecule is COC(=O)CN1CCN(CC(=O)OC)CCN(N(C(=O)CC(=O)CNC(=O)CNC(=O)CNC(=O)CN)c2ccc(N)cc2)CCN(CC(=O)OC)CC1. The van der Waals surface area contributed by atoms with Crippen LogP contribution in [0.5, 0.6) is 0 Å². The molecule has 21 nitrogen and oxygen atoms in total. The maximum Gasteiger partial charge on any atom is 0.319 e. The Morgan fingerprint density at radius 2 is 1.00 bits per heavy atom. The Kier molecular flexibility index (Phi) is 20.1. The third-order valence-electron chi connectivity index (χ3n) is 8.12. The molecular weight excluding hydrogens is 712 g/mol. The number of anilines is 2. The molecule has 4 amide bonds. The predicted octanol–water partition coefficient (Wildman–Crippen LogP) is -4.48. The molecule has 21 heteroatoms. The summed E-state index contributed by atoms with van der Waals surface area (Å²) >= 11 is 0. The number of Topliss-reactive ketones (excluding diaryl/α,β-unsaturated/α-hetero) is 1.